The molecule has 1 aromatic rings. The molecule has 1 aromatic carbocycles. The number of Topliss-reactive ketones (excluding diaryl/α,β-unsaturated/α-hetero) is 1. The van der Waals surface area contributed by atoms with Crippen LogP contribution in [0.15, 0.2) is 12.1 Å². The number of hydrogen-bond donors (Lipinski definition) is 0. The van der Waals surface area contributed by atoms with Crippen molar-refractivity contribution in [1.29, 1.82) is 5.26 Å². The van der Waals surface area contributed by atoms with Gasteiger partial charge in [-0.05, 0) is 38.8 Å². The van der Waals surface area contributed by atoms with E-state index in [0.29, 0.717) is 12.8 Å². The van der Waals surface area contributed by atoms with E-state index in [9.17, 15) is 14.0 Å². The molecule has 21 heavy (non-hydrogen) atoms. The van der Waals surface area contributed by atoms with Crippen LogP contribution in [0.25, 0.3) is 0 Å². The van der Waals surface area contributed by atoms with Gasteiger partial charge in [-0.15, -0.1) is 0 Å². The third-order valence-corrected chi connectivity index (χ3v) is 3.82. The fourth-order valence-corrected chi connectivity index (χ4v) is 2.54. The Balaban J connectivity index is 2.24. The first-order valence-electron chi connectivity index (χ1n) is 6.54. The van der Waals surface area contributed by atoms with E-state index in [1.54, 1.807) is 13.8 Å². The van der Waals surface area contributed by atoms with Crippen LogP contribution < -0.4 is 4.90 Å². The lowest BCUT2D eigenvalue weighted by Crippen LogP contribution is -2.31. The van der Waals surface area contributed by atoms with E-state index in [2.05, 4.69) is 6.07 Å². The van der Waals surface area contributed by atoms with E-state index in [0.717, 1.165) is 11.0 Å². The molecule has 0 bridgehead atoms. The molecular weight excluding hydrogens is 295 g/mol. The number of fused-ring (bicyclic) bond motifs is 1. The van der Waals surface area contributed by atoms with Gasteiger partial charge in [0.05, 0.1) is 27.8 Å². The number of hydrogen-bond acceptors (Lipinski definition) is 3. The van der Waals surface area contributed by atoms with E-state index in [4.69, 9.17) is 16.9 Å². The van der Waals surface area contributed by atoms with Gasteiger partial charge in [0.1, 0.15) is 5.82 Å². The number of amides is 1. The number of carbonyl (C=O) groups is 2. The van der Waals surface area contributed by atoms with Gasteiger partial charge >= 0.3 is 0 Å². The summed E-state index contributed by atoms with van der Waals surface area (Å²) in [6.07, 6.45) is 1.03. The van der Waals surface area contributed by atoms with Crippen molar-refractivity contribution in [2.45, 2.75) is 26.7 Å². The summed E-state index contributed by atoms with van der Waals surface area (Å²) < 4.78 is 13.9. The van der Waals surface area contributed by atoms with Crippen LogP contribution in [0.2, 0.25) is 5.02 Å². The maximum atomic E-state index is 13.9. The first kappa shape index (κ1) is 15.5. The molecule has 1 aliphatic rings. The molecule has 0 unspecified atom stereocenters. The van der Waals surface area contributed by atoms with Crippen LogP contribution >= 0.6 is 11.6 Å². The van der Waals surface area contributed by atoms with Crippen LogP contribution in [-0.4, -0.2) is 18.2 Å². The zero-order valence-corrected chi connectivity index (χ0v) is 12.5. The first-order chi connectivity index (χ1) is 9.78. The molecule has 2 rings (SSSR count). The highest BCUT2D eigenvalue weighted by Gasteiger charge is 2.39. The van der Waals surface area contributed by atoms with Gasteiger partial charge in [-0.2, -0.15) is 5.26 Å². The fourth-order valence-electron chi connectivity index (χ4n) is 2.30. The lowest BCUT2D eigenvalue weighted by atomic mass is 9.90. The summed E-state index contributed by atoms with van der Waals surface area (Å²) in [6.45, 7) is 3.75. The van der Waals surface area contributed by atoms with Crippen LogP contribution in [0, 0.1) is 22.6 Å². The van der Waals surface area contributed by atoms with Crippen LogP contribution in [0.1, 0.15) is 37.0 Å². The lowest BCUT2D eigenvalue weighted by Gasteiger charge is -2.20. The van der Waals surface area contributed by atoms with E-state index >= 15 is 0 Å². The fraction of sp³-hybridized carbons (Fsp3) is 0.400. The molecule has 1 amide bonds. The van der Waals surface area contributed by atoms with Crippen LogP contribution in [-0.2, 0) is 4.79 Å². The summed E-state index contributed by atoms with van der Waals surface area (Å²) in [6, 6.07) is 4.57. The second kappa shape index (κ2) is 5.45. The SMILES string of the molecule is CC(C)(C#N)CCCN1C(=O)C(=O)c2c(Cl)ccc(F)c21. The quantitative estimate of drug-likeness (QED) is 0.801. The maximum absolute atomic E-state index is 13.9. The topological polar surface area (TPSA) is 61.2 Å². The van der Waals surface area contributed by atoms with Crippen molar-refractivity contribution < 1.29 is 14.0 Å². The molecular formula is C15H14ClFN2O2. The molecule has 0 fully saturated rings. The second-order valence-corrected chi connectivity index (χ2v) is 6.05. The van der Waals surface area contributed by atoms with Gasteiger partial charge in [0.2, 0.25) is 0 Å². The zero-order chi connectivity index (χ0) is 15.8. The van der Waals surface area contributed by atoms with Crippen molar-refractivity contribution >= 4 is 29.0 Å². The normalized spacial score (nSPS) is 14.3. The molecule has 1 aliphatic heterocycles. The average Bonchev–Trinajstić information content (AvgIpc) is 2.69. The summed E-state index contributed by atoms with van der Waals surface area (Å²) in [5.74, 6) is -2.20. The monoisotopic (exact) mass is 308 g/mol. The van der Waals surface area contributed by atoms with Gasteiger partial charge in [-0.3, -0.25) is 9.59 Å². The van der Waals surface area contributed by atoms with E-state index in [-0.39, 0.29) is 22.8 Å². The molecule has 0 saturated heterocycles. The van der Waals surface area contributed by atoms with E-state index in [1.165, 1.54) is 6.07 Å². The minimum absolute atomic E-state index is 0.0488. The van der Waals surface area contributed by atoms with Gasteiger partial charge in [0, 0.05) is 6.54 Å². The third kappa shape index (κ3) is 2.77. The molecule has 1 heterocycles. The smallest absolute Gasteiger partial charge is 0.299 e. The Kier molecular flexibility index (Phi) is 4.02. The highest BCUT2D eigenvalue weighted by Crippen LogP contribution is 2.37. The number of carbonyl (C=O) groups excluding carboxylic acids is 2. The van der Waals surface area contributed by atoms with Gasteiger partial charge in [-0.1, -0.05) is 11.6 Å². The Hall–Kier alpha value is -1.93. The van der Waals surface area contributed by atoms with Crippen molar-refractivity contribution in [1.82, 2.24) is 0 Å². The van der Waals surface area contributed by atoms with Crippen molar-refractivity contribution in [3.05, 3.63) is 28.5 Å². The summed E-state index contributed by atoms with van der Waals surface area (Å²) in [4.78, 5) is 25.0. The number of nitrogens with zero attached hydrogens (tertiary/aromatic N) is 2. The molecule has 0 spiro atoms. The summed E-state index contributed by atoms with van der Waals surface area (Å²) in [5, 5.41) is 9.03. The number of ketones is 1. The van der Waals surface area contributed by atoms with Crippen LogP contribution in [0.3, 0.4) is 0 Å². The standard InChI is InChI=1S/C15H14ClFN2O2/c1-15(2,8-18)6-3-7-19-12-10(17)5-4-9(16)11(12)13(20)14(19)21/h4-5H,3,6-7H2,1-2H3. The Morgan fingerprint density at radius 1 is 1.38 bits per heavy atom. The predicted molar refractivity (Wildman–Crippen MR) is 76.7 cm³/mol. The van der Waals surface area contributed by atoms with Gasteiger partial charge in [0.25, 0.3) is 11.7 Å². The summed E-state index contributed by atoms with van der Waals surface area (Å²) in [7, 11) is 0. The van der Waals surface area contributed by atoms with E-state index < -0.39 is 22.9 Å². The highest BCUT2D eigenvalue weighted by molar-refractivity contribution is 6.55. The number of halogens is 2. The number of nitriles is 1. The third-order valence-electron chi connectivity index (χ3n) is 3.50. The Morgan fingerprint density at radius 2 is 2.05 bits per heavy atom. The Morgan fingerprint density at radius 3 is 2.67 bits per heavy atom. The van der Waals surface area contributed by atoms with Crippen molar-refractivity contribution in [3.63, 3.8) is 0 Å². The van der Waals surface area contributed by atoms with Crippen LogP contribution in [0.5, 0.6) is 0 Å². The summed E-state index contributed by atoms with van der Waals surface area (Å²) in [5.41, 5.74) is -0.642. The van der Waals surface area contributed by atoms with Gasteiger partial charge < -0.3 is 4.90 Å². The van der Waals surface area contributed by atoms with Crippen molar-refractivity contribution in [2.24, 2.45) is 5.41 Å². The lowest BCUT2D eigenvalue weighted by molar-refractivity contribution is -0.114. The molecule has 110 valence electrons. The molecule has 0 atom stereocenters. The molecule has 0 radical (unpaired) electrons. The molecule has 0 aliphatic carbocycles. The van der Waals surface area contributed by atoms with Crippen LogP contribution in [0.4, 0.5) is 10.1 Å². The number of benzene rings is 1. The Bertz CT molecular complexity index is 664. The Labute approximate surface area is 127 Å². The van der Waals surface area contributed by atoms with Gasteiger partial charge in [-0.25, -0.2) is 4.39 Å². The van der Waals surface area contributed by atoms with Crippen molar-refractivity contribution in [3.8, 4) is 6.07 Å². The highest BCUT2D eigenvalue weighted by atomic mass is 35.5. The second-order valence-electron chi connectivity index (χ2n) is 5.64. The molecule has 4 nitrogen and oxygen atoms in total. The average molecular weight is 309 g/mol. The largest absolute Gasteiger partial charge is 0.302 e. The molecule has 0 saturated carbocycles. The van der Waals surface area contributed by atoms with Gasteiger partial charge in [0.15, 0.2) is 0 Å². The zero-order valence-electron chi connectivity index (χ0n) is 11.7. The van der Waals surface area contributed by atoms with E-state index in [1.807, 2.05) is 0 Å². The predicted octanol–water partition coefficient (Wildman–Crippen LogP) is 3.34. The number of rotatable bonds is 4. The summed E-state index contributed by atoms with van der Waals surface area (Å²) >= 11 is 5.89. The minimum Gasteiger partial charge on any atom is -0.302 e. The maximum Gasteiger partial charge on any atom is 0.299 e. The molecule has 0 N–H and O–H groups in total. The first-order valence-corrected chi connectivity index (χ1v) is 6.92. The molecule has 0 aromatic heterocycles. The number of anilines is 1. The molecule has 6 heteroatoms. The minimum atomic E-state index is -0.783. The van der Waals surface area contributed by atoms with Crippen molar-refractivity contribution in [2.75, 3.05) is 11.4 Å².